The van der Waals surface area contributed by atoms with E-state index in [1.54, 1.807) is 12.1 Å². The van der Waals surface area contributed by atoms with Gasteiger partial charge in [0.05, 0.1) is 17.4 Å². The highest BCUT2D eigenvalue weighted by Gasteiger charge is 2.26. The molecular formula is C21H20N6O3S. The van der Waals surface area contributed by atoms with Crippen molar-refractivity contribution in [1.82, 2.24) is 15.0 Å². The third kappa shape index (κ3) is 3.92. The van der Waals surface area contributed by atoms with E-state index in [4.69, 9.17) is 11.5 Å². The van der Waals surface area contributed by atoms with Gasteiger partial charge < -0.3 is 21.8 Å². The molecule has 0 saturated carbocycles. The van der Waals surface area contributed by atoms with Gasteiger partial charge in [0.1, 0.15) is 5.03 Å². The van der Waals surface area contributed by atoms with Crippen molar-refractivity contribution in [2.24, 2.45) is 5.73 Å². The Labute approximate surface area is 178 Å². The Morgan fingerprint density at radius 3 is 2.55 bits per heavy atom. The van der Waals surface area contributed by atoms with Crippen LogP contribution in [0.3, 0.4) is 0 Å². The molecule has 0 saturated heterocycles. The molecule has 0 aliphatic carbocycles. The molecule has 2 heterocycles. The zero-order valence-electron chi connectivity index (χ0n) is 16.6. The maximum absolute atomic E-state index is 12.5. The Morgan fingerprint density at radius 2 is 1.87 bits per heavy atom. The lowest BCUT2D eigenvalue weighted by Crippen LogP contribution is -2.12. The van der Waals surface area contributed by atoms with Crippen LogP contribution in [0.2, 0.25) is 0 Å². The third-order valence-electron chi connectivity index (χ3n) is 4.77. The third-order valence-corrected chi connectivity index (χ3v) is 5.82. The number of nitrogens with zero attached hydrogens (tertiary/aromatic N) is 2. The molecule has 0 unspecified atom stereocenters. The van der Waals surface area contributed by atoms with Gasteiger partial charge in [-0.25, -0.2) is 18.4 Å². The highest BCUT2D eigenvalue weighted by molar-refractivity contribution is 7.90. The quantitative estimate of drug-likeness (QED) is 0.361. The Balaban J connectivity index is 1.89. The molecule has 0 aliphatic heterocycles. The van der Waals surface area contributed by atoms with Gasteiger partial charge >= 0.3 is 0 Å². The first kappa shape index (κ1) is 20.4. The second-order valence-electron chi connectivity index (χ2n) is 7.03. The van der Waals surface area contributed by atoms with Crippen LogP contribution in [0.25, 0.3) is 22.3 Å². The Kier molecular flexibility index (Phi) is 5.07. The van der Waals surface area contributed by atoms with Crippen LogP contribution in [-0.2, 0) is 16.4 Å². The monoisotopic (exact) mass is 436 g/mol. The fourth-order valence-electron chi connectivity index (χ4n) is 3.36. The number of fused-ring (bicyclic) bond motifs is 1. The molecule has 1 amide bonds. The summed E-state index contributed by atoms with van der Waals surface area (Å²) in [5.41, 5.74) is 13.7. The Morgan fingerprint density at radius 1 is 1.13 bits per heavy atom. The topological polar surface area (TPSA) is 157 Å². The van der Waals surface area contributed by atoms with Crippen LogP contribution >= 0.6 is 0 Å². The lowest BCUT2D eigenvalue weighted by atomic mass is 10.1. The number of carbonyl (C=O) groups excluding carboxylic acids is 1. The van der Waals surface area contributed by atoms with Crippen LogP contribution in [0.4, 0.5) is 11.5 Å². The molecule has 4 rings (SSSR count). The van der Waals surface area contributed by atoms with Crippen molar-refractivity contribution in [3.05, 3.63) is 65.9 Å². The molecule has 6 N–H and O–H groups in total. The molecule has 0 radical (unpaired) electrons. The van der Waals surface area contributed by atoms with E-state index in [9.17, 15) is 13.2 Å². The predicted octanol–water partition coefficient (Wildman–Crippen LogP) is 2.32. The number of primary amides is 1. The van der Waals surface area contributed by atoms with Gasteiger partial charge in [0, 0.05) is 29.3 Å². The smallest absolute Gasteiger partial charge is 0.249 e. The molecule has 0 spiro atoms. The van der Waals surface area contributed by atoms with Crippen molar-refractivity contribution in [3.63, 3.8) is 0 Å². The van der Waals surface area contributed by atoms with Crippen molar-refractivity contribution in [2.45, 2.75) is 11.6 Å². The van der Waals surface area contributed by atoms with E-state index < -0.39 is 15.7 Å². The van der Waals surface area contributed by atoms with Crippen LogP contribution in [0.5, 0.6) is 0 Å². The van der Waals surface area contributed by atoms with Gasteiger partial charge in [-0.2, -0.15) is 0 Å². The average Bonchev–Trinajstić information content (AvgIpc) is 3.14. The summed E-state index contributed by atoms with van der Waals surface area (Å²) in [6.07, 6.45) is 2.46. The SMILES string of the molecule is CS(=O)(=O)c1[nH]c2cccc(C(N)=O)c2c1-c1ncc(N)c(NCc2ccccc2)n1. The first-order valence-electron chi connectivity index (χ1n) is 9.31. The molecule has 0 fully saturated rings. The molecular weight excluding hydrogens is 416 g/mol. The van der Waals surface area contributed by atoms with E-state index in [2.05, 4.69) is 20.3 Å². The van der Waals surface area contributed by atoms with Gasteiger partial charge in [-0.05, 0) is 17.7 Å². The minimum absolute atomic E-state index is 0.102. The van der Waals surface area contributed by atoms with E-state index in [0.29, 0.717) is 29.0 Å². The number of hydrogen-bond donors (Lipinski definition) is 4. The normalized spacial score (nSPS) is 11.5. The maximum atomic E-state index is 12.5. The lowest BCUT2D eigenvalue weighted by molar-refractivity contribution is 0.100. The van der Waals surface area contributed by atoms with Crippen LogP contribution in [0.15, 0.2) is 59.8 Å². The highest BCUT2D eigenvalue weighted by atomic mass is 32.2. The number of rotatable bonds is 6. The van der Waals surface area contributed by atoms with E-state index in [0.717, 1.165) is 11.8 Å². The first-order valence-corrected chi connectivity index (χ1v) is 11.2. The predicted molar refractivity (Wildman–Crippen MR) is 119 cm³/mol. The van der Waals surface area contributed by atoms with Crippen molar-refractivity contribution < 1.29 is 13.2 Å². The number of aromatic nitrogens is 3. The van der Waals surface area contributed by atoms with Crippen molar-refractivity contribution in [1.29, 1.82) is 0 Å². The number of nitrogen functional groups attached to an aromatic ring is 1. The number of H-pyrrole nitrogens is 1. The molecule has 0 aliphatic rings. The van der Waals surface area contributed by atoms with Crippen LogP contribution in [0, 0.1) is 0 Å². The molecule has 2 aromatic heterocycles. The van der Waals surface area contributed by atoms with Gasteiger partial charge in [-0.1, -0.05) is 36.4 Å². The van der Waals surface area contributed by atoms with E-state index in [1.807, 2.05) is 30.3 Å². The minimum Gasteiger partial charge on any atom is -0.394 e. The number of anilines is 2. The second-order valence-corrected chi connectivity index (χ2v) is 8.98. The van der Waals surface area contributed by atoms with Gasteiger partial charge in [0.2, 0.25) is 5.91 Å². The number of carbonyl (C=O) groups is 1. The highest BCUT2D eigenvalue weighted by Crippen LogP contribution is 2.36. The minimum atomic E-state index is -3.70. The molecule has 0 bridgehead atoms. The summed E-state index contributed by atoms with van der Waals surface area (Å²) in [7, 11) is -3.70. The fraction of sp³-hybridized carbons (Fsp3) is 0.0952. The van der Waals surface area contributed by atoms with E-state index in [1.165, 1.54) is 12.3 Å². The first-order chi connectivity index (χ1) is 14.8. The summed E-state index contributed by atoms with van der Waals surface area (Å²) in [5, 5.41) is 3.39. The summed E-state index contributed by atoms with van der Waals surface area (Å²) < 4.78 is 25.0. The summed E-state index contributed by atoms with van der Waals surface area (Å²) >= 11 is 0. The maximum Gasteiger partial charge on any atom is 0.249 e. The van der Waals surface area contributed by atoms with Crippen LogP contribution in [-0.4, -0.2) is 35.5 Å². The standard InChI is InChI=1S/C21H20N6O3S/c1-31(29,30)21-17(16-13(18(23)28)8-5-9-15(16)26-21)20-25-11-14(22)19(27-20)24-10-12-6-3-2-4-7-12/h2-9,11,26H,10,22H2,1H3,(H2,23,28)(H,24,25,27). The van der Waals surface area contributed by atoms with Crippen LogP contribution < -0.4 is 16.8 Å². The van der Waals surface area contributed by atoms with Crippen LogP contribution in [0.1, 0.15) is 15.9 Å². The zero-order chi connectivity index (χ0) is 22.2. The molecule has 9 nitrogen and oxygen atoms in total. The number of nitrogens with one attached hydrogen (secondary N) is 2. The Hall–Kier alpha value is -3.92. The summed E-state index contributed by atoms with van der Waals surface area (Å²) in [6.45, 7) is 0.459. The Bertz CT molecular complexity index is 1400. The van der Waals surface area contributed by atoms with Crippen molar-refractivity contribution in [2.75, 3.05) is 17.3 Å². The van der Waals surface area contributed by atoms with Gasteiger partial charge in [-0.15, -0.1) is 0 Å². The zero-order valence-corrected chi connectivity index (χ0v) is 17.4. The summed E-state index contributed by atoms with van der Waals surface area (Å²) in [5.74, 6) is -0.242. The van der Waals surface area contributed by atoms with E-state index in [-0.39, 0.29) is 22.0 Å². The molecule has 10 heteroatoms. The number of hydrogen-bond acceptors (Lipinski definition) is 7. The molecule has 31 heavy (non-hydrogen) atoms. The number of amides is 1. The largest absolute Gasteiger partial charge is 0.394 e. The second kappa shape index (κ2) is 7.73. The fourth-order valence-corrected chi connectivity index (χ4v) is 4.22. The number of nitrogens with two attached hydrogens (primary N) is 2. The number of sulfone groups is 1. The van der Waals surface area contributed by atoms with Crippen molar-refractivity contribution in [3.8, 4) is 11.4 Å². The summed E-state index contributed by atoms with van der Waals surface area (Å²) in [4.78, 5) is 23.6. The molecule has 2 aromatic carbocycles. The average molecular weight is 436 g/mol. The molecule has 4 aromatic rings. The van der Waals surface area contributed by atoms with Crippen molar-refractivity contribution >= 4 is 38.2 Å². The summed E-state index contributed by atoms with van der Waals surface area (Å²) in [6, 6.07) is 14.5. The van der Waals surface area contributed by atoms with Gasteiger partial charge in [0.25, 0.3) is 0 Å². The molecule has 158 valence electrons. The number of benzene rings is 2. The molecule has 0 atom stereocenters. The number of aromatic amines is 1. The van der Waals surface area contributed by atoms with E-state index >= 15 is 0 Å². The van der Waals surface area contributed by atoms with Gasteiger partial charge in [-0.3, -0.25) is 4.79 Å². The lowest BCUT2D eigenvalue weighted by Gasteiger charge is -2.11. The van der Waals surface area contributed by atoms with Gasteiger partial charge in [0.15, 0.2) is 21.5 Å².